The number of pyridine rings is 1. The van der Waals surface area contributed by atoms with Crippen molar-refractivity contribution in [2.75, 3.05) is 0 Å². The van der Waals surface area contributed by atoms with Crippen LogP contribution < -0.4 is 0 Å². The fourth-order valence-electron chi connectivity index (χ4n) is 1.24. The first-order valence-corrected chi connectivity index (χ1v) is 4.91. The summed E-state index contributed by atoms with van der Waals surface area (Å²) in [4.78, 5) is 3.92. The van der Waals surface area contributed by atoms with Gasteiger partial charge >= 0.3 is 0 Å². The van der Waals surface area contributed by atoms with E-state index < -0.39 is 6.43 Å². The molecule has 13 heavy (non-hydrogen) atoms. The van der Waals surface area contributed by atoms with Crippen LogP contribution in [-0.4, -0.2) is 4.98 Å². The Morgan fingerprint density at radius 3 is 2.62 bits per heavy atom. The third-order valence-corrected chi connectivity index (χ3v) is 2.51. The van der Waals surface area contributed by atoms with Crippen LogP contribution in [0.3, 0.4) is 0 Å². The summed E-state index contributed by atoms with van der Waals surface area (Å²) in [7, 11) is 0. The maximum atomic E-state index is 12.3. The van der Waals surface area contributed by atoms with Gasteiger partial charge in [-0.25, -0.2) is 8.78 Å². The minimum absolute atomic E-state index is 0.128. The van der Waals surface area contributed by atoms with Gasteiger partial charge in [0, 0.05) is 16.1 Å². The largest absolute Gasteiger partial charge is 0.280 e. The fraction of sp³-hybridized carbons (Fsp3) is 0.444. The highest BCUT2D eigenvalue weighted by Crippen LogP contribution is 2.40. The van der Waals surface area contributed by atoms with Gasteiger partial charge in [-0.2, -0.15) is 0 Å². The number of aromatic nitrogens is 1. The maximum Gasteiger partial charge on any atom is 0.280 e. The zero-order chi connectivity index (χ0) is 9.42. The molecule has 0 aliphatic heterocycles. The third-order valence-electron chi connectivity index (χ3n) is 2.05. The number of halogens is 3. The van der Waals surface area contributed by atoms with Crippen molar-refractivity contribution < 1.29 is 8.78 Å². The van der Waals surface area contributed by atoms with Gasteiger partial charge in [0.15, 0.2) is 0 Å². The molecule has 0 aromatic carbocycles. The summed E-state index contributed by atoms with van der Waals surface area (Å²) >= 11 is 3.20. The second-order valence-corrected chi connectivity index (χ2v) is 4.13. The van der Waals surface area contributed by atoms with E-state index in [0.717, 1.165) is 18.5 Å². The summed E-state index contributed by atoms with van der Waals surface area (Å²) in [5, 5.41) is 0. The molecule has 0 unspecified atom stereocenters. The van der Waals surface area contributed by atoms with Crippen LogP contribution in [0.1, 0.15) is 36.6 Å². The van der Waals surface area contributed by atoms with E-state index in [1.54, 1.807) is 0 Å². The van der Waals surface area contributed by atoms with Gasteiger partial charge in [-0.05, 0) is 25.0 Å². The smallest absolute Gasteiger partial charge is 0.251 e. The fourth-order valence-corrected chi connectivity index (χ4v) is 1.71. The van der Waals surface area contributed by atoms with Crippen molar-refractivity contribution in [1.82, 2.24) is 4.98 Å². The Morgan fingerprint density at radius 1 is 1.38 bits per heavy atom. The van der Waals surface area contributed by atoms with Crippen molar-refractivity contribution in [3.8, 4) is 0 Å². The van der Waals surface area contributed by atoms with Crippen molar-refractivity contribution in [3.63, 3.8) is 0 Å². The molecule has 0 N–H and O–H groups in total. The molecule has 1 aromatic heterocycles. The van der Waals surface area contributed by atoms with Gasteiger partial charge in [0.1, 0.15) is 5.69 Å². The molecule has 0 radical (unpaired) electrons. The summed E-state index contributed by atoms with van der Waals surface area (Å²) in [5.41, 5.74) is 0.668. The Morgan fingerprint density at radius 2 is 2.08 bits per heavy atom. The Balaban J connectivity index is 2.36. The van der Waals surface area contributed by atoms with Gasteiger partial charge in [0.25, 0.3) is 6.43 Å². The van der Waals surface area contributed by atoms with Crippen molar-refractivity contribution in [2.24, 2.45) is 0 Å². The molecular formula is C9H8BrF2N. The van der Waals surface area contributed by atoms with Gasteiger partial charge < -0.3 is 0 Å². The van der Waals surface area contributed by atoms with Crippen LogP contribution in [0.25, 0.3) is 0 Å². The normalized spacial score (nSPS) is 16.6. The summed E-state index contributed by atoms with van der Waals surface area (Å²) in [6, 6.07) is 3.19. The molecule has 1 saturated carbocycles. The molecule has 1 fully saturated rings. The maximum absolute atomic E-state index is 12.3. The summed E-state index contributed by atoms with van der Waals surface area (Å²) < 4.78 is 25.3. The Bertz CT molecular complexity index is 303. The zero-order valence-corrected chi connectivity index (χ0v) is 8.39. The van der Waals surface area contributed by atoms with E-state index in [1.807, 2.05) is 6.07 Å². The number of alkyl halides is 2. The number of hydrogen-bond donors (Lipinski definition) is 0. The Labute approximate surface area is 83.3 Å². The van der Waals surface area contributed by atoms with E-state index in [9.17, 15) is 8.78 Å². The highest BCUT2D eigenvalue weighted by atomic mass is 79.9. The van der Waals surface area contributed by atoms with E-state index >= 15 is 0 Å². The van der Waals surface area contributed by atoms with Crippen molar-refractivity contribution in [2.45, 2.75) is 25.2 Å². The number of hydrogen-bond acceptors (Lipinski definition) is 1. The third kappa shape index (κ3) is 2.05. The van der Waals surface area contributed by atoms with Crippen LogP contribution in [0.15, 0.2) is 16.6 Å². The quantitative estimate of drug-likeness (QED) is 0.778. The second-order valence-electron chi connectivity index (χ2n) is 3.21. The van der Waals surface area contributed by atoms with Crippen molar-refractivity contribution in [1.29, 1.82) is 0 Å². The molecule has 1 nitrogen and oxygen atoms in total. The van der Waals surface area contributed by atoms with E-state index in [0.29, 0.717) is 10.4 Å². The first kappa shape index (κ1) is 9.06. The molecule has 0 saturated heterocycles. The van der Waals surface area contributed by atoms with Crippen molar-refractivity contribution >= 4 is 15.9 Å². The molecule has 0 amide bonds. The molecule has 0 bridgehead atoms. The lowest BCUT2D eigenvalue weighted by atomic mass is 10.2. The molecule has 2 rings (SSSR count). The van der Waals surface area contributed by atoms with Crippen LogP contribution in [0.5, 0.6) is 0 Å². The van der Waals surface area contributed by atoms with Gasteiger partial charge in [-0.15, -0.1) is 0 Å². The summed E-state index contributed by atoms with van der Waals surface area (Å²) in [6.07, 6.45) is -0.326. The molecule has 1 aliphatic rings. The van der Waals surface area contributed by atoms with Crippen LogP contribution >= 0.6 is 15.9 Å². The minimum atomic E-state index is -2.48. The van der Waals surface area contributed by atoms with E-state index in [1.165, 1.54) is 6.07 Å². The van der Waals surface area contributed by atoms with E-state index in [2.05, 4.69) is 20.9 Å². The topological polar surface area (TPSA) is 12.9 Å². The highest BCUT2D eigenvalue weighted by Gasteiger charge is 2.26. The van der Waals surface area contributed by atoms with Gasteiger partial charge in [0.2, 0.25) is 0 Å². The van der Waals surface area contributed by atoms with Gasteiger partial charge in [-0.1, -0.05) is 15.9 Å². The van der Waals surface area contributed by atoms with Crippen LogP contribution in [0, 0.1) is 0 Å². The average Bonchev–Trinajstić information content (AvgIpc) is 2.85. The zero-order valence-electron chi connectivity index (χ0n) is 6.80. The SMILES string of the molecule is FC(F)c1cc(Br)cc(C2CC2)n1. The lowest BCUT2D eigenvalue weighted by molar-refractivity contribution is 0.145. The molecule has 0 atom stereocenters. The van der Waals surface area contributed by atoms with E-state index in [-0.39, 0.29) is 5.69 Å². The number of nitrogens with zero attached hydrogens (tertiary/aromatic N) is 1. The lowest BCUT2D eigenvalue weighted by Gasteiger charge is -2.03. The van der Waals surface area contributed by atoms with Crippen molar-refractivity contribution in [3.05, 3.63) is 28.0 Å². The molecule has 0 spiro atoms. The predicted octanol–water partition coefficient (Wildman–Crippen LogP) is 3.66. The van der Waals surface area contributed by atoms with Gasteiger partial charge in [0.05, 0.1) is 0 Å². The first-order chi connectivity index (χ1) is 6.16. The first-order valence-electron chi connectivity index (χ1n) is 4.12. The lowest BCUT2D eigenvalue weighted by Crippen LogP contribution is -1.94. The minimum Gasteiger partial charge on any atom is -0.251 e. The van der Waals surface area contributed by atoms with Crippen LogP contribution in [0.2, 0.25) is 0 Å². The van der Waals surface area contributed by atoms with E-state index in [4.69, 9.17) is 0 Å². The summed E-state index contributed by atoms with van der Waals surface area (Å²) in [5.74, 6) is 0.412. The molecular weight excluding hydrogens is 240 g/mol. The molecule has 1 aliphatic carbocycles. The number of rotatable bonds is 2. The summed E-state index contributed by atoms with van der Waals surface area (Å²) in [6.45, 7) is 0. The average molecular weight is 248 g/mol. The standard InChI is InChI=1S/C9H8BrF2N/c10-6-3-7(5-1-2-5)13-8(4-6)9(11)12/h3-5,9H,1-2H2. The van der Waals surface area contributed by atoms with Gasteiger partial charge in [-0.3, -0.25) is 4.98 Å². The Hall–Kier alpha value is -0.510. The molecule has 1 aromatic rings. The monoisotopic (exact) mass is 247 g/mol. The van der Waals surface area contributed by atoms with Crippen LogP contribution in [0.4, 0.5) is 8.78 Å². The second kappa shape index (κ2) is 3.33. The molecule has 1 heterocycles. The van der Waals surface area contributed by atoms with Crippen LogP contribution in [-0.2, 0) is 0 Å². The molecule has 4 heteroatoms. The molecule has 70 valence electrons. The Kier molecular flexibility index (Phi) is 2.32. The predicted molar refractivity (Wildman–Crippen MR) is 48.9 cm³/mol. The highest BCUT2D eigenvalue weighted by molar-refractivity contribution is 9.10.